The van der Waals surface area contributed by atoms with Crippen molar-refractivity contribution in [3.05, 3.63) is 38.6 Å². The zero-order valence-corrected chi connectivity index (χ0v) is 16.6. The lowest BCUT2D eigenvalue weighted by Crippen LogP contribution is -2.49. The van der Waals surface area contributed by atoms with Gasteiger partial charge in [-0.05, 0) is 45.7 Å². The van der Waals surface area contributed by atoms with Crippen molar-refractivity contribution in [1.82, 2.24) is 9.55 Å². The van der Waals surface area contributed by atoms with Crippen LogP contribution in [-0.4, -0.2) is 54.3 Å². The molecule has 0 spiro atoms. The summed E-state index contributed by atoms with van der Waals surface area (Å²) < 4.78 is 1.83. The number of aryl methyl sites for hydroxylation is 1. The van der Waals surface area contributed by atoms with Crippen molar-refractivity contribution in [2.24, 2.45) is 0 Å². The molecule has 2 rings (SSSR count). The summed E-state index contributed by atoms with van der Waals surface area (Å²) in [6.45, 7) is 10.6. The fraction of sp³-hybridized carbons (Fsp3) is 0.333. The normalized spacial score (nSPS) is 10.7. The zero-order valence-electron chi connectivity index (χ0n) is 16.6. The Hall–Kier alpha value is -1.51. The van der Waals surface area contributed by atoms with E-state index in [1.165, 1.54) is 27.5 Å². The lowest BCUT2D eigenvalue weighted by molar-refractivity contribution is 0.836. The molecule has 0 amide bonds. The van der Waals surface area contributed by atoms with E-state index >= 15 is 0 Å². The number of nitrogens with zero attached hydrogens (tertiary/aromatic N) is 2. The van der Waals surface area contributed by atoms with Gasteiger partial charge in [0, 0.05) is 17.1 Å². The first kappa shape index (κ1) is 18.8. The van der Waals surface area contributed by atoms with Crippen molar-refractivity contribution in [3.63, 3.8) is 0 Å². The predicted octanol–water partition coefficient (Wildman–Crippen LogP) is -4.40. The van der Waals surface area contributed by atoms with Crippen LogP contribution in [0.2, 0.25) is 0 Å². The molecular weight excluding hydrogens is 289 g/mol. The molecule has 118 valence electrons. The molecule has 0 saturated heterocycles. The Labute approximate surface area is 149 Å². The standard InChI is InChI=1S/C15H24B6N2O/c1-6-9(4)22-15(24)23(10(6)5)14-7(2)11(16)12(20-17)8(3)13(14)21(18)19/h20H,16-19H2,1-5H3. The van der Waals surface area contributed by atoms with E-state index in [1.807, 2.05) is 25.3 Å². The van der Waals surface area contributed by atoms with Gasteiger partial charge in [-0.2, -0.15) is 4.98 Å². The molecule has 1 aromatic heterocycles. The van der Waals surface area contributed by atoms with Crippen LogP contribution in [0.4, 0.5) is 0 Å². The Morgan fingerprint density at radius 3 is 2.12 bits per heavy atom. The van der Waals surface area contributed by atoms with Gasteiger partial charge in [0.2, 0.25) is 0 Å². The van der Waals surface area contributed by atoms with Gasteiger partial charge in [-0.3, -0.25) is 4.57 Å². The van der Waals surface area contributed by atoms with Crippen molar-refractivity contribution in [1.29, 1.82) is 0 Å². The highest BCUT2D eigenvalue weighted by molar-refractivity contribution is 7.35. The maximum atomic E-state index is 12.8. The van der Waals surface area contributed by atoms with Gasteiger partial charge in [0.05, 0.1) is 23.2 Å². The third-order valence-corrected chi connectivity index (χ3v) is 5.51. The molecule has 2 aromatic rings. The first-order chi connectivity index (χ1) is 11.1. The maximum Gasteiger partial charge on any atom is 0.352 e. The second-order valence-corrected chi connectivity index (χ2v) is 7.15. The van der Waals surface area contributed by atoms with Gasteiger partial charge in [-0.1, -0.05) is 22.0 Å². The number of hydrogen-bond acceptors (Lipinski definition) is 2. The molecule has 24 heavy (non-hydrogen) atoms. The van der Waals surface area contributed by atoms with Crippen molar-refractivity contribution in [3.8, 4) is 5.69 Å². The number of benzene rings is 1. The van der Waals surface area contributed by atoms with Crippen LogP contribution in [0.1, 0.15) is 28.1 Å². The minimum absolute atomic E-state index is 0.177. The van der Waals surface area contributed by atoms with Gasteiger partial charge in [-0.15, -0.1) is 0 Å². The average Bonchev–Trinajstić information content (AvgIpc) is 2.50. The summed E-state index contributed by atoms with van der Waals surface area (Å²) in [5.41, 5.74) is 10.2. The average molecular weight is 313 g/mol. The highest BCUT2D eigenvalue weighted by Crippen LogP contribution is 2.15. The second-order valence-electron chi connectivity index (χ2n) is 7.15. The summed E-state index contributed by atoms with van der Waals surface area (Å²) in [5, 5.41) is 0. The first-order valence-electron chi connectivity index (χ1n) is 8.83. The zero-order chi connectivity index (χ0) is 18.3. The molecule has 0 aliphatic heterocycles. The van der Waals surface area contributed by atoms with Crippen LogP contribution in [0.15, 0.2) is 4.79 Å². The fourth-order valence-electron chi connectivity index (χ4n) is 3.87. The first-order valence-corrected chi connectivity index (χ1v) is 8.83. The molecule has 0 atom stereocenters. The van der Waals surface area contributed by atoms with Crippen molar-refractivity contribution in [2.75, 3.05) is 0 Å². The largest absolute Gasteiger partial charge is 0.352 e. The Kier molecular flexibility index (Phi) is 5.31. The number of rotatable bonds is 3. The van der Waals surface area contributed by atoms with Gasteiger partial charge < -0.3 is 0 Å². The SMILES string of the molecule is BBc1c(B)c(C)c(-n2c(C)c(C)c(C)nc2=O)c(B(B)B)c1C. The second kappa shape index (κ2) is 6.78. The highest BCUT2D eigenvalue weighted by Gasteiger charge is 2.23. The predicted molar refractivity (Wildman–Crippen MR) is 120 cm³/mol. The van der Waals surface area contributed by atoms with Crippen molar-refractivity contribution >= 4 is 61.1 Å². The topological polar surface area (TPSA) is 34.9 Å². The van der Waals surface area contributed by atoms with Crippen LogP contribution in [-0.2, 0) is 0 Å². The summed E-state index contributed by atoms with van der Waals surface area (Å²) >= 11 is 0. The van der Waals surface area contributed by atoms with Crippen LogP contribution in [0.5, 0.6) is 0 Å². The Bertz CT molecular complexity index is 876. The third-order valence-electron chi connectivity index (χ3n) is 5.51. The molecule has 0 aliphatic rings. The summed E-state index contributed by atoms with van der Waals surface area (Å²) in [6.07, 6.45) is 0. The lowest BCUT2D eigenvalue weighted by Gasteiger charge is -2.26. The van der Waals surface area contributed by atoms with Gasteiger partial charge in [-0.25, -0.2) is 4.79 Å². The molecular formula is C15H24B6N2O. The van der Waals surface area contributed by atoms with Crippen LogP contribution >= 0.6 is 0 Å². The van der Waals surface area contributed by atoms with E-state index < -0.39 is 0 Å². The highest BCUT2D eigenvalue weighted by atomic mass is 16.1. The summed E-state index contributed by atoms with van der Waals surface area (Å²) in [4.78, 5) is 17.0. The molecule has 1 aromatic carbocycles. The molecule has 1 heterocycles. The van der Waals surface area contributed by atoms with E-state index in [9.17, 15) is 4.79 Å². The summed E-state index contributed by atoms with van der Waals surface area (Å²) in [5.74, 6) is 0. The minimum Gasteiger partial charge on any atom is -0.265 e. The van der Waals surface area contributed by atoms with E-state index in [2.05, 4.69) is 49.9 Å². The molecule has 0 radical (unpaired) electrons. The van der Waals surface area contributed by atoms with Crippen LogP contribution < -0.4 is 22.1 Å². The van der Waals surface area contributed by atoms with Crippen molar-refractivity contribution in [2.45, 2.75) is 34.6 Å². The molecule has 0 N–H and O–H groups in total. The van der Waals surface area contributed by atoms with E-state index in [1.54, 1.807) is 0 Å². The van der Waals surface area contributed by atoms with Crippen LogP contribution in [0.3, 0.4) is 0 Å². The Balaban J connectivity index is 3.07. The third kappa shape index (κ3) is 2.82. The Morgan fingerprint density at radius 1 is 1.04 bits per heavy atom. The minimum atomic E-state index is -0.177. The van der Waals surface area contributed by atoms with Gasteiger partial charge >= 0.3 is 5.69 Å². The van der Waals surface area contributed by atoms with Crippen LogP contribution in [0, 0.1) is 34.6 Å². The van der Waals surface area contributed by atoms with Crippen LogP contribution in [0.25, 0.3) is 5.69 Å². The maximum absolute atomic E-state index is 12.8. The van der Waals surface area contributed by atoms with E-state index in [0.29, 0.717) is 6.49 Å². The molecule has 3 nitrogen and oxygen atoms in total. The molecule has 0 fully saturated rings. The number of hydrogen-bond donors (Lipinski definition) is 0. The van der Waals surface area contributed by atoms with E-state index in [-0.39, 0.29) is 5.69 Å². The number of aromatic nitrogens is 2. The van der Waals surface area contributed by atoms with Gasteiger partial charge in [0.15, 0.2) is 0 Å². The lowest BCUT2D eigenvalue weighted by atomic mass is 9.16. The molecule has 0 bridgehead atoms. The fourth-order valence-corrected chi connectivity index (χ4v) is 3.87. The molecule has 0 aliphatic carbocycles. The summed E-state index contributed by atoms with van der Waals surface area (Å²) in [7, 11) is 9.79. The van der Waals surface area contributed by atoms with Gasteiger partial charge in [0.1, 0.15) is 21.5 Å². The molecule has 9 heteroatoms. The quantitative estimate of drug-likeness (QED) is 0.537. The van der Waals surface area contributed by atoms with E-state index in [4.69, 9.17) is 0 Å². The summed E-state index contributed by atoms with van der Waals surface area (Å²) in [6, 6.07) is 0. The monoisotopic (exact) mass is 314 g/mol. The smallest absolute Gasteiger partial charge is 0.265 e. The van der Waals surface area contributed by atoms with Gasteiger partial charge in [0.25, 0.3) is 0 Å². The molecule has 0 unspecified atom stereocenters. The Morgan fingerprint density at radius 2 is 1.62 bits per heavy atom. The van der Waals surface area contributed by atoms with E-state index in [0.717, 1.165) is 29.8 Å². The van der Waals surface area contributed by atoms with Crippen molar-refractivity contribution < 1.29 is 0 Å². The molecule has 0 saturated carbocycles.